The second kappa shape index (κ2) is 8.46. The third kappa shape index (κ3) is 3.53. The molecular weight excluding hydrogens is 434 g/mol. The lowest BCUT2D eigenvalue weighted by Crippen LogP contribution is -2.57. The van der Waals surface area contributed by atoms with E-state index in [1.54, 1.807) is 6.33 Å². The maximum absolute atomic E-state index is 12.1. The number of cyclic esters (lactones) is 1. The van der Waals surface area contributed by atoms with Gasteiger partial charge in [-0.3, -0.25) is 0 Å². The Morgan fingerprint density at radius 1 is 1.26 bits per heavy atom. The molecule has 5 rings (SSSR count). The summed E-state index contributed by atoms with van der Waals surface area (Å²) in [6, 6.07) is 0. The number of nitrogens with two attached hydrogens (primary N) is 1. The molecule has 2 aromatic rings. The summed E-state index contributed by atoms with van der Waals surface area (Å²) in [7, 11) is 0. The predicted molar refractivity (Wildman–Crippen MR) is 126 cm³/mol. The summed E-state index contributed by atoms with van der Waals surface area (Å²) in [5.74, 6) is 0.446. The molecule has 4 N–H and O–H groups in total. The van der Waals surface area contributed by atoms with Crippen LogP contribution < -0.4 is 5.73 Å². The van der Waals surface area contributed by atoms with Gasteiger partial charge < -0.3 is 25.3 Å². The number of hydrogen-bond donors (Lipinski definition) is 3. The minimum absolute atomic E-state index is 0.0537. The van der Waals surface area contributed by atoms with Gasteiger partial charge in [-0.05, 0) is 55.4 Å². The number of imidazole rings is 1. The van der Waals surface area contributed by atoms with Gasteiger partial charge in [-0.15, -0.1) is 0 Å². The molecule has 0 amide bonds. The summed E-state index contributed by atoms with van der Waals surface area (Å²) < 4.78 is 7.12. The van der Waals surface area contributed by atoms with Gasteiger partial charge in [0.25, 0.3) is 0 Å². The number of carbonyl (C=O) groups is 1. The fraction of sp³-hybridized carbons (Fsp3) is 0.600. The number of ether oxygens (including phenoxy) is 1. The molecule has 0 spiro atoms. The number of fused-ring (bicyclic) bond motifs is 2. The fourth-order valence-corrected chi connectivity index (χ4v) is 6.78. The smallest absolute Gasteiger partial charge is 0.334 e. The number of nitrogens with zero attached hydrogens (tertiary/aromatic N) is 4. The van der Waals surface area contributed by atoms with Crippen LogP contribution in [0.2, 0.25) is 0 Å². The highest BCUT2D eigenvalue weighted by atomic mass is 16.5. The molecule has 3 aliphatic rings. The van der Waals surface area contributed by atoms with Crippen LogP contribution in [-0.2, 0) is 16.1 Å². The minimum Gasteiger partial charge on any atom is -0.458 e. The molecule has 1 aliphatic heterocycles. The second-order valence-electron chi connectivity index (χ2n) is 10.5. The zero-order valence-electron chi connectivity index (χ0n) is 19.8. The van der Waals surface area contributed by atoms with Gasteiger partial charge in [0.2, 0.25) is 0 Å². The largest absolute Gasteiger partial charge is 0.458 e. The number of nitrogen functional groups attached to an aromatic ring is 1. The van der Waals surface area contributed by atoms with E-state index in [0.29, 0.717) is 37.5 Å². The maximum Gasteiger partial charge on any atom is 0.334 e. The van der Waals surface area contributed by atoms with E-state index >= 15 is 0 Å². The van der Waals surface area contributed by atoms with Crippen LogP contribution >= 0.6 is 0 Å². The number of hydrogen-bond acceptors (Lipinski definition) is 8. The second-order valence-corrected chi connectivity index (χ2v) is 10.5. The Labute approximate surface area is 198 Å². The SMILES string of the molecule is C[C@]1(CO)[C@H]2CC=C(Cn3cnc4ncnc(N)c43)[C@@H](CCC3=CCOC3=O)[C@]2(C)CC[C@H]1O. The molecule has 34 heavy (non-hydrogen) atoms. The van der Waals surface area contributed by atoms with Crippen LogP contribution in [0.15, 0.2) is 36.0 Å². The number of aliphatic hydroxyl groups is 2. The average molecular weight is 468 g/mol. The molecule has 9 nitrogen and oxygen atoms in total. The first-order valence-corrected chi connectivity index (χ1v) is 12.0. The maximum atomic E-state index is 12.1. The highest BCUT2D eigenvalue weighted by Gasteiger charge is 2.57. The first-order chi connectivity index (χ1) is 16.3. The van der Waals surface area contributed by atoms with Gasteiger partial charge in [0.05, 0.1) is 19.0 Å². The van der Waals surface area contributed by atoms with Gasteiger partial charge in [0, 0.05) is 17.5 Å². The number of rotatable bonds is 6. The lowest BCUT2D eigenvalue weighted by atomic mass is 9.47. The van der Waals surface area contributed by atoms with Crippen molar-refractivity contribution >= 4 is 23.0 Å². The van der Waals surface area contributed by atoms with E-state index in [1.165, 1.54) is 11.9 Å². The average Bonchev–Trinajstić information content (AvgIpc) is 3.42. The number of esters is 1. The van der Waals surface area contributed by atoms with E-state index in [9.17, 15) is 15.0 Å². The van der Waals surface area contributed by atoms with Gasteiger partial charge >= 0.3 is 5.97 Å². The van der Waals surface area contributed by atoms with Crippen molar-refractivity contribution < 1.29 is 19.7 Å². The Kier molecular flexibility index (Phi) is 5.72. The van der Waals surface area contributed by atoms with Crippen LogP contribution in [0.4, 0.5) is 5.82 Å². The molecule has 2 aromatic heterocycles. The molecule has 0 saturated heterocycles. The van der Waals surface area contributed by atoms with Crippen LogP contribution in [0.25, 0.3) is 11.2 Å². The van der Waals surface area contributed by atoms with Crippen molar-refractivity contribution in [3.05, 3.63) is 36.0 Å². The summed E-state index contributed by atoms with van der Waals surface area (Å²) in [6.07, 6.45) is 10.5. The Morgan fingerprint density at radius 3 is 2.82 bits per heavy atom. The lowest BCUT2D eigenvalue weighted by Gasteiger charge is -2.59. The third-order valence-electron chi connectivity index (χ3n) is 8.81. The first kappa shape index (κ1) is 23.0. The standard InChI is InChI=1S/C25H33N5O4/c1-24-9-7-19(32)25(2,12-31)18(24)6-4-16(17(24)5-3-15-8-10-34-23(15)33)11-30-14-29-22-20(30)21(26)27-13-28-22/h4,8,13-14,17-19,31-32H,3,5-7,9-12H2,1-2H3,(H2,26,27,28)/t17-,18+,19-,24+,25+/m1/s1. The topological polar surface area (TPSA) is 136 Å². The zero-order chi connectivity index (χ0) is 24.1. The first-order valence-electron chi connectivity index (χ1n) is 12.0. The van der Waals surface area contributed by atoms with Gasteiger partial charge in [-0.1, -0.05) is 25.5 Å². The van der Waals surface area contributed by atoms with Crippen molar-refractivity contribution in [1.82, 2.24) is 19.5 Å². The van der Waals surface area contributed by atoms with E-state index in [1.807, 2.05) is 17.6 Å². The van der Waals surface area contributed by atoms with Gasteiger partial charge in [-0.2, -0.15) is 0 Å². The Hall–Kier alpha value is -2.78. The molecule has 2 aliphatic carbocycles. The van der Waals surface area contributed by atoms with Crippen molar-refractivity contribution in [1.29, 1.82) is 0 Å². The van der Waals surface area contributed by atoms with E-state index in [2.05, 4.69) is 28.0 Å². The monoisotopic (exact) mass is 467 g/mol. The summed E-state index contributed by atoms with van der Waals surface area (Å²) in [5.41, 5.74) is 8.72. The van der Waals surface area contributed by atoms with Crippen molar-refractivity contribution in [2.75, 3.05) is 18.9 Å². The van der Waals surface area contributed by atoms with Crippen molar-refractivity contribution in [3.63, 3.8) is 0 Å². The van der Waals surface area contributed by atoms with Crippen molar-refractivity contribution in [3.8, 4) is 0 Å². The molecule has 9 heteroatoms. The third-order valence-corrected chi connectivity index (χ3v) is 8.81. The molecule has 5 atom stereocenters. The van der Waals surface area contributed by atoms with Crippen LogP contribution in [0, 0.1) is 22.7 Å². The van der Waals surface area contributed by atoms with Crippen LogP contribution in [0.1, 0.15) is 46.0 Å². The highest BCUT2D eigenvalue weighted by molar-refractivity contribution is 5.90. The highest BCUT2D eigenvalue weighted by Crippen LogP contribution is 2.61. The number of carbonyl (C=O) groups excluding carboxylic acids is 1. The van der Waals surface area contributed by atoms with E-state index in [4.69, 9.17) is 10.5 Å². The Bertz CT molecular complexity index is 1170. The lowest BCUT2D eigenvalue weighted by molar-refractivity contribution is -0.145. The molecule has 0 aromatic carbocycles. The molecule has 1 saturated carbocycles. The van der Waals surface area contributed by atoms with Crippen molar-refractivity contribution in [2.45, 2.75) is 58.6 Å². The normalized spacial score (nSPS) is 33.4. The molecule has 0 bridgehead atoms. The number of aliphatic hydroxyl groups excluding tert-OH is 2. The number of aromatic nitrogens is 4. The zero-order valence-corrected chi connectivity index (χ0v) is 19.8. The van der Waals surface area contributed by atoms with Gasteiger partial charge in [-0.25, -0.2) is 19.7 Å². The summed E-state index contributed by atoms with van der Waals surface area (Å²) in [4.78, 5) is 24.9. The van der Waals surface area contributed by atoms with E-state index < -0.39 is 11.5 Å². The van der Waals surface area contributed by atoms with Crippen LogP contribution in [0.3, 0.4) is 0 Å². The Morgan fingerprint density at radius 2 is 2.09 bits per heavy atom. The van der Waals surface area contributed by atoms with E-state index in [-0.39, 0.29) is 29.8 Å². The molecule has 0 unspecified atom stereocenters. The van der Waals surface area contributed by atoms with Gasteiger partial charge in [0.1, 0.15) is 18.5 Å². The Balaban J connectivity index is 1.52. The predicted octanol–water partition coefficient (Wildman–Crippen LogP) is 2.39. The number of allylic oxidation sites excluding steroid dienone is 2. The van der Waals surface area contributed by atoms with Crippen LogP contribution in [-0.4, -0.2) is 55.0 Å². The summed E-state index contributed by atoms with van der Waals surface area (Å²) >= 11 is 0. The van der Waals surface area contributed by atoms with Gasteiger partial charge in [0.15, 0.2) is 11.5 Å². The van der Waals surface area contributed by atoms with Crippen molar-refractivity contribution in [2.24, 2.45) is 22.7 Å². The summed E-state index contributed by atoms with van der Waals surface area (Å²) in [6.45, 7) is 5.19. The molecular formula is C25H33N5O4. The quantitative estimate of drug-likeness (QED) is 0.435. The number of anilines is 1. The molecule has 182 valence electrons. The molecule has 1 fully saturated rings. The fourth-order valence-electron chi connectivity index (χ4n) is 6.78. The van der Waals surface area contributed by atoms with Crippen LogP contribution in [0.5, 0.6) is 0 Å². The molecule has 0 radical (unpaired) electrons. The molecule has 3 heterocycles. The van der Waals surface area contributed by atoms with E-state index in [0.717, 1.165) is 30.4 Å². The minimum atomic E-state index is -0.571. The summed E-state index contributed by atoms with van der Waals surface area (Å²) in [5, 5.41) is 21.2.